The van der Waals surface area contributed by atoms with Crippen LogP contribution in [0.25, 0.3) is 0 Å². The number of benzene rings is 2. The molecule has 0 radical (unpaired) electrons. The molecule has 2 atom stereocenters. The minimum atomic E-state index is -0.355. The summed E-state index contributed by atoms with van der Waals surface area (Å²) in [5, 5.41) is 11.7. The lowest BCUT2D eigenvalue weighted by Crippen LogP contribution is -2.29. The molecule has 1 amide bonds. The summed E-state index contributed by atoms with van der Waals surface area (Å²) < 4.78 is 7.76. The Morgan fingerprint density at radius 2 is 1.97 bits per heavy atom. The van der Waals surface area contributed by atoms with Crippen molar-refractivity contribution in [2.45, 2.75) is 57.7 Å². The van der Waals surface area contributed by atoms with Crippen molar-refractivity contribution in [2.75, 3.05) is 0 Å². The fourth-order valence-corrected chi connectivity index (χ4v) is 4.56. The highest BCUT2D eigenvalue weighted by atomic mass is 16.5. The van der Waals surface area contributed by atoms with Gasteiger partial charge in [-0.1, -0.05) is 36.8 Å². The molecule has 2 aliphatic rings. The molecule has 0 fully saturated rings. The van der Waals surface area contributed by atoms with Gasteiger partial charge in [0.15, 0.2) is 5.82 Å². The minimum absolute atomic E-state index is 0.193. The number of aromatic nitrogens is 3. The zero-order chi connectivity index (χ0) is 22.1. The summed E-state index contributed by atoms with van der Waals surface area (Å²) in [7, 11) is 0. The molecule has 2 aliphatic heterocycles. The summed E-state index contributed by atoms with van der Waals surface area (Å²) in [6, 6.07) is 14.6. The van der Waals surface area contributed by atoms with Gasteiger partial charge < -0.3 is 14.6 Å². The van der Waals surface area contributed by atoms with Crippen LogP contribution in [0.5, 0.6) is 0 Å². The number of rotatable bonds is 4. The first-order valence-electron chi connectivity index (χ1n) is 11.2. The first-order chi connectivity index (χ1) is 15.6. The van der Waals surface area contributed by atoms with Gasteiger partial charge in [0, 0.05) is 24.9 Å². The van der Waals surface area contributed by atoms with Gasteiger partial charge in [-0.25, -0.2) is 4.79 Å². The Bertz CT molecular complexity index is 1160. The zero-order valence-electron chi connectivity index (χ0n) is 18.1. The molecule has 164 valence electrons. The highest BCUT2D eigenvalue weighted by molar-refractivity contribution is 5.98. The molecule has 2 unspecified atom stereocenters. The van der Waals surface area contributed by atoms with Gasteiger partial charge in [0.1, 0.15) is 11.9 Å². The summed E-state index contributed by atoms with van der Waals surface area (Å²) in [6.07, 6.45) is 4.53. The third-order valence-corrected chi connectivity index (χ3v) is 6.29. The maximum atomic E-state index is 13.0. The standard InChI is InChI=1S/C25H26N4O3/c1-16(23-28-27-22-10-6-3-7-13-29(22)23)26-24(30)18-11-12-20-19(14-18)15-21(32-25(20)31)17-8-4-2-5-9-17/h2,4-5,8-9,11-12,14,16,21H,3,6-7,10,13,15H2,1H3,(H,26,30). The van der Waals surface area contributed by atoms with Crippen molar-refractivity contribution in [1.29, 1.82) is 0 Å². The number of carbonyl (C=O) groups is 2. The van der Waals surface area contributed by atoms with Gasteiger partial charge in [0.25, 0.3) is 5.91 Å². The maximum Gasteiger partial charge on any atom is 0.339 e. The van der Waals surface area contributed by atoms with Crippen molar-refractivity contribution in [2.24, 2.45) is 0 Å². The van der Waals surface area contributed by atoms with Gasteiger partial charge in [0.05, 0.1) is 11.6 Å². The number of nitrogens with one attached hydrogen (secondary N) is 1. The predicted molar refractivity (Wildman–Crippen MR) is 118 cm³/mol. The number of aryl methyl sites for hydroxylation is 1. The van der Waals surface area contributed by atoms with E-state index in [1.165, 1.54) is 6.42 Å². The van der Waals surface area contributed by atoms with E-state index in [2.05, 4.69) is 20.1 Å². The number of carbonyl (C=O) groups excluding carboxylic acids is 2. The molecule has 1 N–H and O–H groups in total. The quantitative estimate of drug-likeness (QED) is 0.634. The average Bonchev–Trinajstić information content (AvgIpc) is 3.07. The van der Waals surface area contributed by atoms with E-state index in [9.17, 15) is 9.59 Å². The van der Waals surface area contributed by atoms with Gasteiger partial charge in [-0.15, -0.1) is 10.2 Å². The Hall–Kier alpha value is -3.48. The Kier molecular flexibility index (Phi) is 5.47. The van der Waals surface area contributed by atoms with Crippen LogP contribution in [0.1, 0.15) is 81.8 Å². The molecule has 0 saturated carbocycles. The number of esters is 1. The third-order valence-electron chi connectivity index (χ3n) is 6.29. The summed E-state index contributed by atoms with van der Waals surface area (Å²) in [6.45, 7) is 2.82. The van der Waals surface area contributed by atoms with E-state index >= 15 is 0 Å². The van der Waals surface area contributed by atoms with E-state index in [1.54, 1.807) is 18.2 Å². The first-order valence-corrected chi connectivity index (χ1v) is 11.2. The highest BCUT2D eigenvalue weighted by Gasteiger charge is 2.28. The van der Waals surface area contributed by atoms with Crippen LogP contribution >= 0.6 is 0 Å². The van der Waals surface area contributed by atoms with Gasteiger partial charge in [-0.3, -0.25) is 4.79 Å². The monoisotopic (exact) mass is 430 g/mol. The van der Waals surface area contributed by atoms with Gasteiger partial charge >= 0.3 is 5.97 Å². The second kappa shape index (κ2) is 8.57. The molecule has 5 rings (SSSR count). The van der Waals surface area contributed by atoms with Crippen LogP contribution in [0, 0.1) is 0 Å². The van der Waals surface area contributed by atoms with Crippen molar-refractivity contribution in [3.05, 3.63) is 82.4 Å². The first kappa shape index (κ1) is 20.4. The summed E-state index contributed by atoms with van der Waals surface area (Å²) in [4.78, 5) is 25.5. The van der Waals surface area contributed by atoms with E-state index < -0.39 is 0 Å². The van der Waals surface area contributed by atoms with Crippen molar-refractivity contribution in [1.82, 2.24) is 20.1 Å². The average molecular weight is 431 g/mol. The Labute approximate surface area is 186 Å². The number of hydrogen-bond donors (Lipinski definition) is 1. The van der Waals surface area contributed by atoms with E-state index in [0.29, 0.717) is 17.5 Å². The lowest BCUT2D eigenvalue weighted by Gasteiger charge is -2.25. The number of fused-ring (bicyclic) bond motifs is 2. The maximum absolute atomic E-state index is 13.0. The van der Waals surface area contributed by atoms with E-state index in [-0.39, 0.29) is 24.0 Å². The van der Waals surface area contributed by atoms with Gasteiger partial charge in [0.2, 0.25) is 0 Å². The number of nitrogens with zero attached hydrogens (tertiary/aromatic N) is 3. The van der Waals surface area contributed by atoms with E-state index in [0.717, 1.165) is 48.6 Å². The fourth-order valence-electron chi connectivity index (χ4n) is 4.56. The van der Waals surface area contributed by atoms with Gasteiger partial charge in [-0.05, 0) is 49.1 Å². The fraction of sp³-hybridized carbons (Fsp3) is 0.360. The molecule has 3 heterocycles. The van der Waals surface area contributed by atoms with Crippen molar-refractivity contribution in [3.8, 4) is 0 Å². The number of cyclic esters (lactones) is 1. The Morgan fingerprint density at radius 1 is 1.12 bits per heavy atom. The minimum Gasteiger partial charge on any atom is -0.454 e. The van der Waals surface area contributed by atoms with Gasteiger partial charge in [-0.2, -0.15) is 0 Å². The lowest BCUT2D eigenvalue weighted by molar-refractivity contribution is 0.0252. The van der Waals surface area contributed by atoms with Crippen molar-refractivity contribution < 1.29 is 14.3 Å². The molecule has 3 aromatic rings. The predicted octanol–water partition coefficient (Wildman–Crippen LogP) is 3.95. The van der Waals surface area contributed by atoms with Crippen molar-refractivity contribution in [3.63, 3.8) is 0 Å². The third kappa shape index (κ3) is 3.90. The largest absolute Gasteiger partial charge is 0.454 e. The summed E-state index contributed by atoms with van der Waals surface area (Å²) in [5.74, 6) is 1.24. The second-order valence-corrected chi connectivity index (χ2v) is 8.51. The van der Waals surface area contributed by atoms with Crippen LogP contribution in [0.3, 0.4) is 0 Å². The van der Waals surface area contributed by atoms with Crippen LogP contribution in [0.15, 0.2) is 48.5 Å². The molecular weight excluding hydrogens is 404 g/mol. The smallest absolute Gasteiger partial charge is 0.339 e. The molecule has 1 aromatic heterocycles. The molecular formula is C25H26N4O3. The SMILES string of the molecule is CC(NC(=O)c1ccc2c(c1)CC(c1ccccc1)OC2=O)c1nnc2n1CCCCC2. The number of hydrogen-bond acceptors (Lipinski definition) is 5. The normalized spacial score (nSPS) is 18.7. The van der Waals surface area contributed by atoms with Crippen molar-refractivity contribution >= 4 is 11.9 Å². The number of amides is 1. The molecule has 7 nitrogen and oxygen atoms in total. The molecule has 7 heteroatoms. The van der Waals surface area contributed by atoms with Crippen LogP contribution in [-0.4, -0.2) is 26.6 Å². The molecule has 2 aromatic carbocycles. The molecule has 0 bridgehead atoms. The van der Waals surface area contributed by atoms with Crippen LogP contribution in [-0.2, 0) is 24.1 Å². The topological polar surface area (TPSA) is 86.1 Å². The summed E-state index contributed by atoms with van der Waals surface area (Å²) >= 11 is 0. The molecule has 32 heavy (non-hydrogen) atoms. The Balaban J connectivity index is 1.34. The van der Waals surface area contributed by atoms with E-state index in [1.807, 2.05) is 37.3 Å². The lowest BCUT2D eigenvalue weighted by atomic mass is 9.93. The second-order valence-electron chi connectivity index (χ2n) is 8.51. The van der Waals surface area contributed by atoms with E-state index in [4.69, 9.17) is 4.74 Å². The summed E-state index contributed by atoms with van der Waals surface area (Å²) in [5.41, 5.74) is 2.81. The molecule has 0 saturated heterocycles. The number of ether oxygens (including phenoxy) is 1. The van der Waals surface area contributed by atoms with Crippen LogP contribution in [0.2, 0.25) is 0 Å². The van der Waals surface area contributed by atoms with Crippen LogP contribution < -0.4 is 5.32 Å². The van der Waals surface area contributed by atoms with Crippen LogP contribution in [0.4, 0.5) is 0 Å². The zero-order valence-corrected chi connectivity index (χ0v) is 18.1. The Morgan fingerprint density at radius 3 is 2.81 bits per heavy atom. The molecule has 0 spiro atoms. The molecule has 0 aliphatic carbocycles. The highest BCUT2D eigenvalue weighted by Crippen LogP contribution is 2.31.